The largest absolute Gasteiger partial charge is 0.392 e. The number of halogens is 3. The molecule has 92 valence electrons. The van der Waals surface area contributed by atoms with Crippen molar-refractivity contribution in [3.63, 3.8) is 0 Å². The molecule has 1 aromatic rings. The molecule has 0 radical (unpaired) electrons. The predicted octanol–water partition coefficient (Wildman–Crippen LogP) is 2.75. The third kappa shape index (κ3) is 2.58. The van der Waals surface area contributed by atoms with E-state index in [1.165, 1.54) is 0 Å². The van der Waals surface area contributed by atoms with Crippen LogP contribution >= 0.6 is 11.6 Å². The van der Waals surface area contributed by atoms with Crippen molar-refractivity contribution < 1.29 is 13.9 Å². The summed E-state index contributed by atoms with van der Waals surface area (Å²) in [6.45, 7) is 0.882. The molecule has 0 aromatic heterocycles. The molecule has 1 heterocycles. The van der Waals surface area contributed by atoms with Crippen molar-refractivity contribution in [1.82, 2.24) is 0 Å². The molecule has 2 rings (SSSR count). The molecule has 0 amide bonds. The monoisotopic (exact) mass is 259 g/mol. The zero-order chi connectivity index (χ0) is 12.4. The first kappa shape index (κ1) is 12.3. The van der Waals surface area contributed by atoms with Crippen LogP contribution in [0.25, 0.3) is 0 Å². The Bertz CT molecular complexity index is 439. The summed E-state index contributed by atoms with van der Waals surface area (Å²) in [5, 5.41) is 8.99. The molecule has 1 aromatic carbocycles. The third-order valence-corrected chi connectivity index (χ3v) is 3.02. The minimum absolute atomic E-state index is 0.000573. The second kappa shape index (κ2) is 5.02. The summed E-state index contributed by atoms with van der Waals surface area (Å²) in [5.41, 5.74) is 0.846. The summed E-state index contributed by atoms with van der Waals surface area (Å²) in [7, 11) is 0. The van der Waals surface area contributed by atoms with Gasteiger partial charge in [0.25, 0.3) is 0 Å². The van der Waals surface area contributed by atoms with Crippen molar-refractivity contribution in [2.24, 2.45) is 0 Å². The summed E-state index contributed by atoms with van der Waals surface area (Å²) in [4.78, 5) is 1.60. The number of aliphatic hydroxyl groups is 1. The van der Waals surface area contributed by atoms with E-state index in [0.29, 0.717) is 19.5 Å². The number of hydrogen-bond acceptors (Lipinski definition) is 2. The number of anilines is 1. The van der Waals surface area contributed by atoms with Crippen LogP contribution in [0.15, 0.2) is 23.8 Å². The van der Waals surface area contributed by atoms with Crippen LogP contribution in [0.1, 0.15) is 6.42 Å². The van der Waals surface area contributed by atoms with Crippen molar-refractivity contribution >= 4 is 17.3 Å². The van der Waals surface area contributed by atoms with Crippen molar-refractivity contribution in [2.75, 3.05) is 24.6 Å². The highest BCUT2D eigenvalue weighted by molar-refractivity contribution is 6.30. The second-order valence-corrected chi connectivity index (χ2v) is 4.37. The van der Waals surface area contributed by atoms with Crippen molar-refractivity contribution in [2.45, 2.75) is 6.42 Å². The van der Waals surface area contributed by atoms with Crippen molar-refractivity contribution in [3.05, 3.63) is 40.4 Å². The smallest absolute Gasteiger partial charge is 0.151 e. The lowest BCUT2D eigenvalue weighted by Crippen LogP contribution is -2.30. The normalized spacial score (nSPS) is 16.0. The van der Waals surface area contributed by atoms with Gasteiger partial charge in [0.15, 0.2) is 11.6 Å². The van der Waals surface area contributed by atoms with E-state index in [2.05, 4.69) is 0 Å². The van der Waals surface area contributed by atoms with Gasteiger partial charge >= 0.3 is 0 Å². The number of nitrogens with zero attached hydrogens (tertiary/aromatic N) is 1. The van der Waals surface area contributed by atoms with Gasteiger partial charge in [0, 0.05) is 18.1 Å². The van der Waals surface area contributed by atoms with Crippen LogP contribution in [-0.2, 0) is 0 Å². The van der Waals surface area contributed by atoms with E-state index in [-0.39, 0.29) is 17.3 Å². The van der Waals surface area contributed by atoms with Crippen LogP contribution in [0.5, 0.6) is 0 Å². The lowest BCUT2D eigenvalue weighted by Gasteiger charge is -2.28. The average molecular weight is 260 g/mol. The Hall–Kier alpha value is -1.13. The number of benzene rings is 1. The topological polar surface area (TPSA) is 23.5 Å². The van der Waals surface area contributed by atoms with Crippen LogP contribution in [0.4, 0.5) is 14.5 Å². The molecule has 17 heavy (non-hydrogen) atoms. The minimum Gasteiger partial charge on any atom is -0.392 e. The Kier molecular flexibility index (Phi) is 3.64. The Morgan fingerprint density at radius 3 is 2.41 bits per heavy atom. The summed E-state index contributed by atoms with van der Waals surface area (Å²) < 4.78 is 27.3. The standard InChI is InChI=1S/C12H12ClF2NO/c13-9-5-10(14)12(11(15)6-9)16-3-1-8(7-17)2-4-16/h1,5-6,17H,2-4,7H2. The Labute approximate surface area is 103 Å². The van der Waals surface area contributed by atoms with Gasteiger partial charge in [0.2, 0.25) is 0 Å². The molecular formula is C12H12ClF2NO. The Morgan fingerprint density at radius 2 is 1.94 bits per heavy atom. The fourth-order valence-corrected chi connectivity index (χ4v) is 2.09. The lowest BCUT2D eigenvalue weighted by atomic mass is 10.1. The molecular weight excluding hydrogens is 248 g/mol. The maximum absolute atomic E-state index is 13.6. The summed E-state index contributed by atoms with van der Waals surface area (Å²) in [6.07, 6.45) is 2.40. The maximum atomic E-state index is 13.6. The maximum Gasteiger partial charge on any atom is 0.151 e. The van der Waals surface area contributed by atoms with Gasteiger partial charge in [0.05, 0.1) is 6.61 Å². The van der Waals surface area contributed by atoms with E-state index in [1.807, 2.05) is 0 Å². The van der Waals surface area contributed by atoms with E-state index in [9.17, 15) is 8.78 Å². The fraction of sp³-hybridized carbons (Fsp3) is 0.333. The van der Waals surface area contributed by atoms with E-state index >= 15 is 0 Å². The predicted molar refractivity (Wildman–Crippen MR) is 63.4 cm³/mol. The molecule has 2 nitrogen and oxygen atoms in total. The van der Waals surface area contributed by atoms with Gasteiger partial charge in [-0.05, 0) is 24.1 Å². The zero-order valence-corrected chi connectivity index (χ0v) is 9.84. The number of hydrogen-bond donors (Lipinski definition) is 1. The minimum atomic E-state index is -0.657. The van der Waals surface area contributed by atoms with Gasteiger partial charge in [0.1, 0.15) is 5.69 Å². The lowest BCUT2D eigenvalue weighted by molar-refractivity contribution is 0.325. The molecule has 0 atom stereocenters. The molecule has 0 fully saturated rings. The highest BCUT2D eigenvalue weighted by Gasteiger charge is 2.19. The first-order valence-electron chi connectivity index (χ1n) is 5.30. The SMILES string of the molecule is OCC1=CCN(c2c(F)cc(Cl)cc2F)CC1. The first-order valence-corrected chi connectivity index (χ1v) is 5.68. The molecule has 5 heteroatoms. The molecule has 1 aliphatic rings. The van der Waals surface area contributed by atoms with E-state index in [4.69, 9.17) is 16.7 Å². The van der Waals surface area contributed by atoms with E-state index in [1.54, 1.807) is 11.0 Å². The summed E-state index contributed by atoms with van der Waals surface area (Å²) >= 11 is 5.56. The van der Waals surface area contributed by atoms with Gasteiger partial charge < -0.3 is 10.0 Å². The molecule has 1 aliphatic heterocycles. The van der Waals surface area contributed by atoms with Crippen molar-refractivity contribution in [1.29, 1.82) is 0 Å². The van der Waals surface area contributed by atoms with Crippen LogP contribution in [0.2, 0.25) is 5.02 Å². The Balaban J connectivity index is 2.27. The quantitative estimate of drug-likeness (QED) is 0.826. The van der Waals surface area contributed by atoms with Gasteiger partial charge in [-0.3, -0.25) is 0 Å². The molecule has 0 spiro atoms. The first-order chi connectivity index (χ1) is 8.11. The molecule has 0 saturated carbocycles. The highest BCUT2D eigenvalue weighted by Crippen LogP contribution is 2.28. The molecule has 0 saturated heterocycles. The van der Waals surface area contributed by atoms with Crippen LogP contribution in [0, 0.1) is 11.6 Å². The van der Waals surface area contributed by atoms with E-state index in [0.717, 1.165) is 17.7 Å². The number of aliphatic hydroxyl groups excluding tert-OH is 1. The molecule has 0 aliphatic carbocycles. The average Bonchev–Trinajstić information content (AvgIpc) is 2.28. The highest BCUT2D eigenvalue weighted by atomic mass is 35.5. The van der Waals surface area contributed by atoms with Crippen LogP contribution in [-0.4, -0.2) is 24.8 Å². The summed E-state index contributed by atoms with van der Waals surface area (Å²) in [5.74, 6) is -1.31. The third-order valence-electron chi connectivity index (χ3n) is 2.80. The van der Waals surface area contributed by atoms with Crippen LogP contribution < -0.4 is 4.90 Å². The summed E-state index contributed by atoms with van der Waals surface area (Å²) in [6, 6.07) is 2.20. The molecule has 0 unspecified atom stereocenters. The van der Waals surface area contributed by atoms with Gasteiger partial charge in [-0.25, -0.2) is 8.78 Å². The van der Waals surface area contributed by atoms with Crippen molar-refractivity contribution in [3.8, 4) is 0 Å². The van der Waals surface area contributed by atoms with Gasteiger partial charge in [-0.1, -0.05) is 17.7 Å². The van der Waals surface area contributed by atoms with Gasteiger partial charge in [-0.2, -0.15) is 0 Å². The van der Waals surface area contributed by atoms with E-state index < -0.39 is 11.6 Å². The van der Waals surface area contributed by atoms with Crippen LogP contribution in [0.3, 0.4) is 0 Å². The molecule has 1 N–H and O–H groups in total. The second-order valence-electron chi connectivity index (χ2n) is 3.93. The van der Waals surface area contributed by atoms with Gasteiger partial charge in [-0.15, -0.1) is 0 Å². The Morgan fingerprint density at radius 1 is 1.29 bits per heavy atom. The fourth-order valence-electron chi connectivity index (χ4n) is 1.89. The molecule has 0 bridgehead atoms. The number of rotatable bonds is 2. The zero-order valence-electron chi connectivity index (χ0n) is 9.09.